The molecule has 25 heavy (non-hydrogen) atoms. The van der Waals surface area contributed by atoms with Gasteiger partial charge in [0.15, 0.2) is 0 Å². The number of piperidine rings is 1. The summed E-state index contributed by atoms with van der Waals surface area (Å²) >= 11 is 0. The Labute approximate surface area is 149 Å². The van der Waals surface area contributed by atoms with Gasteiger partial charge < -0.3 is 20.6 Å². The van der Waals surface area contributed by atoms with Gasteiger partial charge in [0, 0.05) is 30.4 Å². The molecule has 2 rings (SSSR count). The highest BCUT2D eigenvalue weighted by Crippen LogP contribution is 2.20. The average Bonchev–Trinajstić information content (AvgIpc) is 2.61. The Morgan fingerprint density at radius 3 is 2.56 bits per heavy atom. The number of benzene rings is 1. The van der Waals surface area contributed by atoms with Gasteiger partial charge in [-0.25, -0.2) is 4.79 Å². The summed E-state index contributed by atoms with van der Waals surface area (Å²) in [5.41, 5.74) is 0.323. The van der Waals surface area contributed by atoms with Crippen LogP contribution in [0.1, 0.15) is 56.8 Å². The number of hydrogen-bond acceptors (Lipinski definition) is 3. The van der Waals surface area contributed by atoms with Crippen LogP contribution in [0.15, 0.2) is 24.3 Å². The van der Waals surface area contributed by atoms with Crippen molar-refractivity contribution in [3.05, 3.63) is 29.8 Å². The topological polar surface area (TPSA) is 81.7 Å². The van der Waals surface area contributed by atoms with Crippen molar-refractivity contribution < 1.29 is 14.7 Å². The van der Waals surface area contributed by atoms with Gasteiger partial charge in [-0.1, -0.05) is 6.92 Å². The molecule has 138 valence electrons. The SMILES string of the molecule is CCC(C)(O)CNC(=O)Nc1ccc(C(=O)N2CCCCC2C)cc1. The van der Waals surface area contributed by atoms with Crippen molar-refractivity contribution in [2.45, 2.75) is 58.1 Å². The molecule has 0 saturated carbocycles. The molecule has 6 nitrogen and oxygen atoms in total. The second-order valence-electron chi connectivity index (χ2n) is 7.08. The number of likely N-dealkylation sites (tertiary alicyclic amines) is 1. The molecule has 2 atom stereocenters. The van der Waals surface area contributed by atoms with Gasteiger partial charge in [-0.3, -0.25) is 4.79 Å². The van der Waals surface area contributed by atoms with E-state index in [2.05, 4.69) is 17.6 Å². The third-order valence-electron chi connectivity index (χ3n) is 4.85. The summed E-state index contributed by atoms with van der Waals surface area (Å²) in [4.78, 5) is 26.4. The predicted octanol–water partition coefficient (Wildman–Crippen LogP) is 2.98. The second kappa shape index (κ2) is 8.34. The van der Waals surface area contributed by atoms with Crippen molar-refractivity contribution in [1.82, 2.24) is 10.2 Å². The van der Waals surface area contributed by atoms with Crippen molar-refractivity contribution in [2.75, 3.05) is 18.4 Å². The summed E-state index contributed by atoms with van der Waals surface area (Å²) in [5, 5.41) is 15.2. The number of nitrogens with one attached hydrogen (secondary N) is 2. The van der Waals surface area contributed by atoms with Crippen LogP contribution in [0.2, 0.25) is 0 Å². The molecule has 0 radical (unpaired) electrons. The van der Waals surface area contributed by atoms with Gasteiger partial charge in [0.2, 0.25) is 0 Å². The summed E-state index contributed by atoms with van der Waals surface area (Å²) in [6.07, 6.45) is 3.83. The smallest absolute Gasteiger partial charge is 0.319 e. The van der Waals surface area contributed by atoms with E-state index < -0.39 is 5.60 Å². The first-order valence-corrected chi connectivity index (χ1v) is 9.00. The molecule has 0 aliphatic carbocycles. The Morgan fingerprint density at radius 1 is 1.28 bits per heavy atom. The lowest BCUT2D eigenvalue weighted by Gasteiger charge is -2.33. The van der Waals surface area contributed by atoms with Crippen LogP contribution in [0.5, 0.6) is 0 Å². The lowest BCUT2D eigenvalue weighted by atomic mass is 10.0. The van der Waals surface area contributed by atoms with E-state index in [1.54, 1.807) is 31.2 Å². The fourth-order valence-corrected chi connectivity index (χ4v) is 2.83. The van der Waals surface area contributed by atoms with Crippen LogP contribution < -0.4 is 10.6 Å². The lowest BCUT2D eigenvalue weighted by Crippen LogP contribution is -2.42. The van der Waals surface area contributed by atoms with Crippen LogP contribution >= 0.6 is 0 Å². The van der Waals surface area contributed by atoms with Gasteiger partial charge in [0.05, 0.1) is 5.60 Å². The van der Waals surface area contributed by atoms with Gasteiger partial charge in [-0.15, -0.1) is 0 Å². The average molecular weight is 347 g/mol. The van der Waals surface area contributed by atoms with Gasteiger partial charge in [0.1, 0.15) is 0 Å². The van der Waals surface area contributed by atoms with Crippen LogP contribution in [0.3, 0.4) is 0 Å². The second-order valence-corrected chi connectivity index (χ2v) is 7.08. The summed E-state index contributed by atoms with van der Waals surface area (Å²) < 4.78 is 0. The van der Waals surface area contributed by atoms with E-state index in [0.717, 1.165) is 19.4 Å². The largest absolute Gasteiger partial charge is 0.388 e. The molecule has 6 heteroatoms. The molecular weight excluding hydrogens is 318 g/mol. The summed E-state index contributed by atoms with van der Waals surface area (Å²) in [7, 11) is 0. The molecule has 3 amide bonds. The van der Waals surface area contributed by atoms with Crippen molar-refractivity contribution in [3.63, 3.8) is 0 Å². The zero-order valence-electron chi connectivity index (χ0n) is 15.3. The fraction of sp³-hybridized carbons (Fsp3) is 0.579. The zero-order valence-corrected chi connectivity index (χ0v) is 15.3. The first-order chi connectivity index (χ1) is 11.8. The van der Waals surface area contributed by atoms with Crippen LogP contribution in [0, 0.1) is 0 Å². The molecule has 1 aliphatic heterocycles. The van der Waals surface area contributed by atoms with E-state index in [-0.39, 0.29) is 24.5 Å². The first kappa shape index (κ1) is 19.2. The lowest BCUT2D eigenvalue weighted by molar-refractivity contribution is 0.0586. The molecule has 1 fully saturated rings. The van der Waals surface area contributed by atoms with E-state index in [1.807, 2.05) is 11.8 Å². The standard InChI is InChI=1S/C19H29N3O3/c1-4-19(3,25)13-20-18(24)21-16-10-8-15(9-11-16)17(23)22-12-6-5-7-14(22)2/h8-11,14,25H,4-7,12-13H2,1-3H3,(H2,20,21,24). The van der Waals surface area contributed by atoms with Gasteiger partial charge >= 0.3 is 6.03 Å². The number of nitrogens with zero attached hydrogens (tertiary/aromatic N) is 1. The van der Waals surface area contributed by atoms with E-state index in [1.165, 1.54) is 6.42 Å². The van der Waals surface area contributed by atoms with Crippen molar-refractivity contribution in [2.24, 2.45) is 0 Å². The maximum Gasteiger partial charge on any atom is 0.319 e. The number of hydrogen-bond donors (Lipinski definition) is 3. The normalized spacial score (nSPS) is 19.8. The molecular formula is C19H29N3O3. The quantitative estimate of drug-likeness (QED) is 0.766. The van der Waals surface area contributed by atoms with Crippen LogP contribution in [0.4, 0.5) is 10.5 Å². The monoisotopic (exact) mass is 347 g/mol. The van der Waals surface area contributed by atoms with Crippen LogP contribution in [-0.4, -0.2) is 46.7 Å². The van der Waals surface area contributed by atoms with Crippen molar-refractivity contribution in [1.29, 1.82) is 0 Å². The van der Waals surface area contributed by atoms with Crippen molar-refractivity contribution in [3.8, 4) is 0 Å². The highest BCUT2D eigenvalue weighted by Gasteiger charge is 2.24. The predicted molar refractivity (Wildman–Crippen MR) is 98.7 cm³/mol. The van der Waals surface area contributed by atoms with Gasteiger partial charge in [-0.05, 0) is 63.8 Å². The molecule has 1 saturated heterocycles. The molecule has 3 N–H and O–H groups in total. The third-order valence-corrected chi connectivity index (χ3v) is 4.85. The number of rotatable bonds is 5. The minimum Gasteiger partial charge on any atom is -0.388 e. The maximum atomic E-state index is 12.6. The Balaban J connectivity index is 1.91. The zero-order chi connectivity index (χ0) is 18.4. The molecule has 0 aromatic heterocycles. The van der Waals surface area contributed by atoms with Crippen LogP contribution in [-0.2, 0) is 0 Å². The Bertz CT molecular complexity index is 598. The first-order valence-electron chi connectivity index (χ1n) is 9.00. The summed E-state index contributed by atoms with van der Waals surface area (Å²) in [5.74, 6) is 0.0437. The Kier molecular flexibility index (Phi) is 6.42. The number of carbonyl (C=O) groups excluding carboxylic acids is 2. The van der Waals surface area contributed by atoms with Crippen molar-refractivity contribution >= 4 is 17.6 Å². The minimum atomic E-state index is -0.918. The van der Waals surface area contributed by atoms with E-state index in [0.29, 0.717) is 17.7 Å². The number of carbonyl (C=O) groups is 2. The summed E-state index contributed by atoms with van der Waals surface area (Å²) in [6.45, 7) is 6.61. The van der Waals surface area contributed by atoms with Crippen LogP contribution in [0.25, 0.3) is 0 Å². The molecule has 2 unspecified atom stereocenters. The minimum absolute atomic E-state index is 0.0437. The number of aliphatic hydroxyl groups is 1. The number of amides is 3. The summed E-state index contributed by atoms with van der Waals surface area (Å²) in [6, 6.07) is 6.82. The Hall–Kier alpha value is -2.08. The molecule has 1 aliphatic rings. The molecule has 1 aromatic rings. The Morgan fingerprint density at radius 2 is 1.96 bits per heavy atom. The molecule has 1 heterocycles. The highest BCUT2D eigenvalue weighted by atomic mass is 16.3. The number of urea groups is 1. The maximum absolute atomic E-state index is 12.6. The third kappa shape index (κ3) is 5.46. The highest BCUT2D eigenvalue weighted by molar-refractivity contribution is 5.95. The van der Waals surface area contributed by atoms with E-state index in [4.69, 9.17) is 0 Å². The molecule has 0 bridgehead atoms. The molecule has 0 spiro atoms. The van der Waals surface area contributed by atoms with Gasteiger partial charge in [0.25, 0.3) is 5.91 Å². The number of anilines is 1. The fourth-order valence-electron chi connectivity index (χ4n) is 2.83. The van der Waals surface area contributed by atoms with E-state index in [9.17, 15) is 14.7 Å². The molecule has 1 aromatic carbocycles. The van der Waals surface area contributed by atoms with Gasteiger partial charge in [-0.2, -0.15) is 0 Å². The van der Waals surface area contributed by atoms with E-state index >= 15 is 0 Å².